The number of fused-ring (bicyclic) bond motifs is 1. The topological polar surface area (TPSA) is 70.7 Å². The number of rotatable bonds is 8. The number of hydrogen-bond acceptors (Lipinski definition) is 3. The molecule has 6 nitrogen and oxygen atoms in total. The molecule has 0 bridgehead atoms. The van der Waals surface area contributed by atoms with Crippen LogP contribution in [0.25, 0.3) is 0 Å². The number of carbonyl (C=O) groups excluding carboxylic acids is 2. The van der Waals surface area contributed by atoms with Crippen LogP contribution in [0.1, 0.15) is 94.4 Å². The van der Waals surface area contributed by atoms with Crippen LogP contribution in [0.2, 0.25) is 0 Å². The van der Waals surface area contributed by atoms with Crippen LogP contribution in [0.4, 0.5) is 16.2 Å². The standard InChI is InChI=1S/C25H31N3O3.C8H18/c1-15-6-12-22-21(17(15)3)14-28(25(30)27-22)20-10-7-18(8-11-20)24(29)26-19-9-5-16(2)23(13-19)31-4;1-4-6-7-8(3)5-2/h5-6,9,12-13,18,20H,7-8,10-11,14H2,1-4H3,(H,26,29)(H,27,30);8H,4-7H2,1-3H3. The molecule has 1 aliphatic heterocycles. The lowest BCUT2D eigenvalue weighted by Crippen LogP contribution is -2.47. The van der Waals surface area contributed by atoms with Gasteiger partial charge in [0.05, 0.1) is 13.7 Å². The number of nitrogens with one attached hydrogen (secondary N) is 2. The van der Waals surface area contributed by atoms with Crippen molar-refractivity contribution in [1.82, 2.24) is 4.90 Å². The second kappa shape index (κ2) is 14.4. The Hall–Kier alpha value is -3.02. The Kier molecular flexibility index (Phi) is 11.3. The van der Waals surface area contributed by atoms with E-state index in [0.717, 1.165) is 54.3 Å². The molecule has 6 heteroatoms. The lowest BCUT2D eigenvalue weighted by atomic mass is 9.84. The van der Waals surface area contributed by atoms with Gasteiger partial charge in [0.1, 0.15) is 5.75 Å². The number of nitrogens with zero attached hydrogens (tertiary/aromatic N) is 1. The van der Waals surface area contributed by atoms with Crippen molar-refractivity contribution in [3.05, 3.63) is 52.6 Å². The van der Waals surface area contributed by atoms with Gasteiger partial charge in [-0.1, -0.05) is 58.6 Å². The summed E-state index contributed by atoms with van der Waals surface area (Å²) < 4.78 is 5.35. The maximum Gasteiger partial charge on any atom is 0.322 e. The van der Waals surface area contributed by atoms with Crippen LogP contribution in [0.15, 0.2) is 30.3 Å². The maximum atomic E-state index is 12.8. The number of aryl methyl sites for hydroxylation is 2. The van der Waals surface area contributed by atoms with Crippen molar-refractivity contribution < 1.29 is 14.3 Å². The third-order valence-corrected chi connectivity index (χ3v) is 8.63. The molecule has 1 fully saturated rings. The highest BCUT2D eigenvalue weighted by atomic mass is 16.5. The Bertz CT molecular complexity index is 1120. The van der Waals surface area contributed by atoms with E-state index in [4.69, 9.17) is 4.74 Å². The third-order valence-electron chi connectivity index (χ3n) is 8.63. The summed E-state index contributed by atoms with van der Waals surface area (Å²) >= 11 is 0. The van der Waals surface area contributed by atoms with Crippen LogP contribution < -0.4 is 15.4 Å². The van der Waals surface area contributed by atoms with Gasteiger partial charge >= 0.3 is 6.03 Å². The number of unbranched alkanes of at least 4 members (excludes halogenated alkanes) is 1. The number of ether oxygens (including phenoxy) is 1. The Morgan fingerprint density at radius 3 is 2.41 bits per heavy atom. The van der Waals surface area contributed by atoms with Crippen LogP contribution >= 0.6 is 0 Å². The number of hydrogen-bond donors (Lipinski definition) is 2. The molecule has 0 saturated heterocycles. The predicted octanol–water partition coefficient (Wildman–Crippen LogP) is 8.39. The first-order chi connectivity index (χ1) is 18.7. The molecule has 2 N–H and O–H groups in total. The zero-order valence-corrected chi connectivity index (χ0v) is 25.2. The van der Waals surface area contributed by atoms with Gasteiger partial charge in [-0.25, -0.2) is 4.79 Å². The highest BCUT2D eigenvalue weighted by molar-refractivity contribution is 5.94. The van der Waals surface area contributed by atoms with E-state index in [0.29, 0.717) is 6.54 Å². The van der Waals surface area contributed by atoms with Crippen molar-refractivity contribution in [3.63, 3.8) is 0 Å². The molecule has 1 unspecified atom stereocenters. The van der Waals surface area contributed by atoms with Crippen LogP contribution in [-0.2, 0) is 11.3 Å². The van der Waals surface area contributed by atoms with Crippen LogP contribution in [-0.4, -0.2) is 30.0 Å². The van der Waals surface area contributed by atoms with Gasteiger partial charge in [0.15, 0.2) is 0 Å². The van der Waals surface area contributed by atoms with Gasteiger partial charge in [-0.15, -0.1) is 0 Å². The van der Waals surface area contributed by atoms with E-state index in [-0.39, 0.29) is 23.9 Å². The van der Waals surface area contributed by atoms with Gasteiger partial charge in [-0.2, -0.15) is 0 Å². The number of urea groups is 1. The minimum absolute atomic E-state index is 0.0320. The molecule has 2 aromatic rings. The lowest BCUT2D eigenvalue weighted by Gasteiger charge is -2.39. The van der Waals surface area contributed by atoms with Crippen molar-refractivity contribution >= 4 is 23.3 Å². The Morgan fingerprint density at radius 2 is 1.77 bits per heavy atom. The zero-order chi connectivity index (χ0) is 28.5. The van der Waals surface area contributed by atoms with Crippen LogP contribution in [0, 0.1) is 32.6 Å². The summed E-state index contributed by atoms with van der Waals surface area (Å²) in [6, 6.07) is 9.89. The minimum atomic E-state index is -0.0346. The van der Waals surface area contributed by atoms with Crippen molar-refractivity contribution in [2.24, 2.45) is 11.8 Å². The molecule has 1 saturated carbocycles. The molecule has 0 radical (unpaired) electrons. The molecule has 1 heterocycles. The van der Waals surface area contributed by atoms with Gasteiger partial charge in [-0.05, 0) is 86.8 Å². The van der Waals surface area contributed by atoms with Crippen LogP contribution in [0.5, 0.6) is 5.75 Å². The molecule has 1 atom stereocenters. The molecule has 0 spiro atoms. The summed E-state index contributed by atoms with van der Waals surface area (Å²) in [5.74, 6) is 1.73. The fourth-order valence-electron chi connectivity index (χ4n) is 5.47. The Balaban J connectivity index is 0.000000459. The highest BCUT2D eigenvalue weighted by Gasteiger charge is 2.34. The van der Waals surface area contributed by atoms with E-state index in [1.165, 1.54) is 42.4 Å². The van der Waals surface area contributed by atoms with Crippen molar-refractivity contribution in [1.29, 1.82) is 0 Å². The van der Waals surface area contributed by atoms with Gasteiger partial charge in [0.25, 0.3) is 0 Å². The smallest absolute Gasteiger partial charge is 0.322 e. The second-order valence-corrected chi connectivity index (χ2v) is 11.4. The van der Waals surface area contributed by atoms with E-state index in [1.807, 2.05) is 36.1 Å². The van der Waals surface area contributed by atoms with Gasteiger partial charge in [0, 0.05) is 29.4 Å². The second-order valence-electron chi connectivity index (χ2n) is 11.4. The van der Waals surface area contributed by atoms with E-state index < -0.39 is 0 Å². The SMILES string of the molecule is CCCCC(C)CC.COc1cc(NC(=O)C2CCC(N3Cc4c(ccc(C)c4C)NC3=O)CC2)ccc1C. The van der Waals surface area contributed by atoms with Crippen molar-refractivity contribution in [2.45, 2.75) is 105 Å². The first-order valence-corrected chi connectivity index (χ1v) is 14.8. The molecule has 3 amide bonds. The summed E-state index contributed by atoms with van der Waals surface area (Å²) in [6.45, 7) is 13.7. The molecule has 2 aromatic carbocycles. The average molecular weight is 536 g/mol. The van der Waals surface area contributed by atoms with Gasteiger partial charge in [-0.3, -0.25) is 4.79 Å². The molecule has 39 heavy (non-hydrogen) atoms. The fraction of sp³-hybridized carbons (Fsp3) is 0.576. The largest absolute Gasteiger partial charge is 0.496 e. The highest BCUT2D eigenvalue weighted by Crippen LogP contribution is 2.35. The number of carbonyl (C=O) groups is 2. The maximum absolute atomic E-state index is 12.8. The summed E-state index contributed by atoms with van der Waals surface area (Å²) in [5.41, 5.74) is 6.39. The van der Waals surface area contributed by atoms with Crippen molar-refractivity contribution in [2.75, 3.05) is 17.7 Å². The molecule has 2 aliphatic rings. The number of methoxy groups -OCH3 is 1. The van der Waals surface area contributed by atoms with Crippen LogP contribution in [0.3, 0.4) is 0 Å². The summed E-state index contributed by atoms with van der Waals surface area (Å²) in [5, 5.41) is 6.08. The quantitative estimate of drug-likeness (QED) is 0.357. The van der Waals surface area contributed by atoms with Gasteiger partial charge < -0.3 is 20.3 Å². The predicted molar refractivity (Wildman–Crippen MR) is 162 cm³/mol. The normalized spacial score (nSPS) is 19.3. The number of amides is 3. The zero-order valence-electron chi connectivity index (χ0n) is 25.2. The summed E-state index contributed by atoms with van der Waals surface area (Å²) in [4.78, 5) is 27.5. The molecule has 4 rings (SSSR count). The lowest BCUT2D eigenvalue weighted by molar-refractivity contribution is -0.121. The first kappa shape index (κ1) is 30.5. The Morgan fingerprint density at radius 1 is 1.08 bits per heavy atom. The van der Waals surface area contributed by atoms with E-state index in [9.17, 15) is 9.59 Å². The van der Waals surface area contributed by atoms with Gasteiger partial charge in [0.2, 0.25) is 5.91 Å². The molecule has 1 aliphatic carbocycles. The number of benzene rings is 2. The fourth-order valence-corrected chi connectivity index (χ4v) is 5.47. The van der Waals surface area contributed by atoms with E-state index in [1.54, 1.807) is 7.11 Å². The van der Waals surface area contributed by atoms with Crippen molar-refractivity contribution in [3.8, 4) is 5.75 Å². The summed E-state index contributed by atoms with van der Waals surface area (Å²) in [6.07, 6.45) is 8.77. The number of anilines is 2. The van der Waals surface area contributed by atoms with E-state index in [2.05, 4.69) is 51.3 Å². The Labute approximate surface area is 235 Å². The summed E-state index contributed by atoms with van der Waals surface area (Å²) in [7, 11) is 1.63. The molecular weight excluding hydrogens is 486 g/mol. The monoisotopic (exact) mass is 535 g/mol. The third kappa shape index (κ3) is 8.00. The molecular formula is C33H49N3O3. The van der Waals surface area contributed by atoms with E-state index >= 15 is 0 Å². The average Bonchev–Trinajstić information content (AvgIpc) is 2.95. The minimum Gasteiger partial charge on any atom is -0.496 e. The molecule has 214 valence electrons. The first-order valence-electron chi connectivity index (χ1n) is 14.8. The molecule has 0 aromatic heterocycles.